The second-order valence-corrected chi connectivity index (χ2v) is 6.93. The number of hydrogen-bond donors (Lipinski definition) is 1. The highest BCUT2D eigenvalue weighted by Crippen LogP contribution is 2.43. The minimum atomic E-state index is 0.0809. The van der Waals surface area contributed by atoms with Gasteiger partial charge in [-0.1, -0.05) is 12.1 Å². The summed E-state index contributed by atoms with van der Waals surface area (Å²) in [5.41, 5.74) is 3.41. The summed E-state index contributed by atoms with van der Waals surface area (Å²) in [5.74, 6) is 0.705. The standard InChI is InChI=1S/C18H19N3OS/c22-18(17-14(8-11-23-17)13-6-7-13)19-9-3-10-21-12-20-15-4-1-2-5-16(15)21/h1-2,4-5,8,11-13H,3,6-7,9-10H2,(H,19,22). The van der Waals surface area contributed by atoms with E-state index in [1.165, 1.54) is 18.4 Å². The molecule has 23 heavy (non-hydrogen) atoms. The Kier molecular flexibility index (Phi) is 3.87. The van der Waals surface area contributed by atoms with E-state index in [0.717, 1.165) is 28.9 Å². The smallest absolute Gasteiger partial charge is 0.261 e. The minimum Gasteiger partial charge on any atom is -0.351 e. The third-order valence-corrected chi connectivity index (χ3v) is 5.24. The van der Waals surface area contributed by atoms with E-state index in [1.807, 2.05) is 29.9 Å². The van der Waals surface area contributed by atoms with E-state index in [4.69, 9.17) is 0 Å². The molecule has 1 fully saturated rings. The monoisotopic (exact) mass is 325 g/mol. The fraction of sp³-hybridized carbons (Fsp3) is 0.333. The summed E-state index contributed by atoms with van der Waals surface area (Å²) in [6.07, 6.45) is 5.22. The van der Waals surface area contributed by atoms with E-state index < -0.39 is 0 Å². The number of carbonyl (C=O) groups is 1. The first kappa shape index (κ1) is 14.5. The molecule has 0 saturated heterocycles. The van der Waals surface area contributed by atoms with E-state index in [2.05, 4.69) is 27.0 Å². The van der Waals surface area contributed by atoms with Crippen LogP contribution in [0.5, 0.6) is 0 Å². The lowest BCUT2D eigenvalue weighted by molar-refractivity contribution is 0.0956. The quantitative estimate of drug-likeness (QED) is 0.701. The van der Waals surface area contributed by atoms with Gasteiger partial charge in [0, 0.05) is 13.1 Å². The van der Waals surface area contributed by atoms with Gasteiger partial charge in [0.1, 0.15) is 0 Å². The number of amides is 1. The fourth-order valence-electron chi connectivity index (χ4n) is 2.94. The minimum absolute atomic E-state index is 0.0809. The third-order valence-electron chi connectivity index (χ3n) is 4.31. The van der Waals surface area contributed by atoms with Crippen molar-refractivity contribution in [3.63, 3.8) is 0 Å². The zero-order valence-corrected chi connectivity index (χ0v) is 13.7. The summed E-state index contributed by atoms with van der Waals surface area (Å²) in [5, 5.41) is 5.08. The van der Waals surface area contributed by atoms with Crippen LogP contribution in [0.15, 0.2) is 42.0 Å². The number of nitrogens with one attached hydrogen (secondary N) is 1. The second-order valence-electron chi connectivity index (χ2n) is 6.02. The SMILES string of the molecule is O=C(NCCCn1cnc2ccccc21)c1sccc1C1CC1. The van der Waals surface area contributed by atoms with Crippen LogP contribution < -0.4 is 5.32 Å². The number of thiophene rings is 1. The number of aromatic nitrogens is 2. The van der Waals surface area contributed by atoms with Crippen LogP contribution in [0.4, 0.5) is 0 Å². The molecule has 1 aliphatic rings. The molecule has 1 N–H and O–H groups in total. The van der Waals surface area contributed by atoms with Crippen molar-refractivity contribution < 1.29 is 4.79 Å². The summed E-state index contributed by atoms with van der Waals surface area (Å²) in [6, 6.07) is 10.2. The molecule has 1 aromatic carbocycles. The number of nitrogens with zero attached hydrogens (tertiary/aromatic N) is 2. The molecule has 1 aliphatic carbocycles. The molecule has 0 aliphatic heterocycles. The van der Waals surface area contributed by atoms with Crippen molar-refractivity contribution in [2.75, 3.05) is 6.54 Å². The van der Waals surface area contributed by atoms with Gasteiger partial charge in [0.15, 0.2) is 0 Å². The molecular weight excluding hydrogens is 306 g/mol. The molecule has 3 aromatic rings. The lowest BCUT2D eigenvalue weighted by Gasteiger charge is -2.07. The topological polar surface area (TPSA) is 46.9 Å². The van der Waals surface area contributed by atoms with Gasteiger partial charge >= 0.3 is 0 Å². The van der Waals surface area contributed by atoms with Crippen molar-refractivity contribution in [2.45, 2.75) is 31.7 Å². The predicted molar refractivity (Wildman–Crippen MR) is 93.0 cm³/mol. The van der Waals surface area contributed by atoms with Crippen LogP contribution in [0.3, 0.4) is 0 Å². The Labute approximate surface area is 139 Å². The van der Waals surface area contributed by atoms with Crippen molar-refractivity contribution in [3.8, 4) is 0 Å². The normalized spacial score (nSPS) is 14.3. The van der Waals surface area contributed by atoms with Gasteiger partial charge in [0.2, 0.25) is 0 Å². The first-order valence-corrected chi connectivity index (χ1v) is 8.96. The lowest BCUT2D eigenvalue weighted by atomic mass is 10.1. The number of fused-ring (bicyclic) bond motifs is 1. The van der Waals surface area contributed by atoms with Crippen LogP contribution in [0.25, 0.3) is 11.0 Å². The van der Waals surface area contributed by atoms with Gasteiger partial charge in [-0.15, -0.1) is 11.3 Å². The highest BCUT2D eigenvalue weighted by molar-refractivity contribution is 7.12. The first-order chi connectivity index (χ1) is 11.3. The highest BCUT2D eigenvalue weighted by Gasteiger charge is 2.28. The van der Waals surface area contributed by atoms with Crippen molar-refractivity contribution in [3.05, 3.63) is 52.5 Å². The number of benzene rings is 1. The van der Waals surface area contributed by atoms with Gasteiger partial charge in [0.05, 0.1) is 22.2 Å². The molecule has 5 heteroatoms. The van der Waals surface area contributed by atoms with Crippen molar-refractivity contribution in [1.29, 1.82) is 0 Å². The first-order valence-electron chi connectivity index (χ1n) is 8.08. The summed E-state index contributed by atoms with van der Waals surface area (Å²) >= 11 is 1.56. The number of carbonyl (C=O) groups excluding carboxylic acids is 1. The summed E-state index contributed by atoms with van der Waals surface area (Å²) in [6.45, 7) is 1.55. The number of para-hydroxylation sites is 2. The number of aryl methyl sites for hydroxylation is 1. The maximum absolute atomic E-state index is 12.3. The molecule has 0 radical (unpaired) electrons. The molecule has 2 aromatic heterocycles. The van der Waals surface area contributed by atoms with Gasteiger partial charge in [-0.05, 0) is 54.3 Å². The molecule has 2 heterocycles. The van der Waals surface area contributed by atoms with Crippen LogP contribution in [0.2, 0.25) is 0 Å². The molecule has 0 spiro atoms. The van der Waals surface area contributed by atoms with Crippen molar-refractivity contribution in [1.82, 2.24) is 14.9 Å². The number of imidazole rings is 1. The zero-order chi connectivity index (χ0) is 15.6. The van der Waals surface area contributed by atoms with E-state index in [1.54, 1.807) is 11.3 Å². The molecular formula is C18H19N3OS. The molecule has 118 valence electrons. The Morgan fingerprint density at radius 2 is 2.17 bits per heavy atom. The Morgan fingerprint density at radius 1 is 1.30 bits per heavy atom. The number of hydrogen-bond acceptors (Lipinski definition) is 3. The predicted octanol–water partition coefficient (Wildman–Crippen LogP) is 3.80. The molecule has 0 unspecified atom stereocenters. The summed E-state index contributed by atoms with van der Waals surface area (Å²) < 4.78 is 2.14. The third kappa shape index (κ3) is 3.01. The van der Waals surface area contributed by atoms with Crippen LogP contribution in [0, 0.1) is 0 Å². The van der Waals surface area contributed by atoms with E-state index in [0.29, 0.717) is 12.5 Å². The van der Waals surface area contributed by atoms with Gasteiger partial charge in [-0.3, -0.25) is 4.79 Å². The maximum Gasteiger partial charge on any atom is 0.261 e. The van der Waals surface area contributed by atoms with Gasteiger partial charge in [0.25, 0.3) is 5.91 Å². The Balaban J connectivity index is 1.31. The van der Waals surface area contributed by atoms with E-state index >= 15 is 0 Å². The largest absolute Gasteiger partial charge is 0.351 e. The molecule has 0 atom stereocenters. The van der Waals surface area contributed by atoms with E-state index in [9.17, 15) is 4.79 Å². The molecule has 1 saturated carbocycles. The van der Waals surface area contributed by atoms with Crippen molar-refractivity contribution in [2.24, 2.45) is 0 Å². The van der Waals surface area contributed by atoms with Gasteiger partial charge in [-0.2, -0.15) is 0 Å². The van der Waals surface area contributed by atoms with Crippen LogP contribution >= 0.6 is 11.3 Å². The highest BCUT2D eigenvalue weighted by atomic mass is 32.1. The Hall–Kier alpha value is -2.14. The van der Waals surface area contributed by atoms with Gasteiger partial charge in [-0.25, -0.2) is 4.98 Å². The van der Waals surface area contributed by atoms with Crippen LogP contribution in [0.1, 0.15) is 40.4 Å². The summed E-state index contributed by atoms with van der Waals surface area (Å²) in [4.78, 5) is 17.6. The molecule has 4 nitrogen and oxygen atoms in total. The molecule has 1 amide bonds. The fourth-order valence-corrected chi connectivity index (χ4v) is 3.84. The summed E-state index contributed by atoms with van der Waals surface area (Å²) in [7, 11) is 0. The zero-order valence-electron chi connectivity index (χ0n) is 12.9. The molecule has 0 bridgehead atoms. The van der Waals surface area contributed by atoms with E-state index in [-0.39, 0.29) is 5.91 Å². The van der Waals surface area contributed by atoms with Gasteiger partial charge < -0.3 is 9.88 Å². The average molecular weight is 325 g/mol. The Morgan fingerprint density at radius 3 is 3.04 bits per heavy atom. The Bertz CT molecular complexity index is 832. The average Bonchev–Trinajstić information content (AvgIpc) is 3.16. The lowest BCUT2D eigenvalue weighted by Crippen LogP contribution is -2.25. The second kappa shape index (κ2) is 6.16. The van der Waals surface area contributed by atoms with Crippen molar-refractivity contribution >= 4 is 28.3 Å². The molecule has 4 rings (SSSR count). The van der Waals surface area contributed by atoms with Crippen LogP contribution in [-0.2, 0) is 6.54 Å². The number of rotatable bonds is 6. The van der Waals surface area contributed by atoms with Crippen LogP contribution in [-0.4, -0.2) is 22.0 Å². The maximum atomic E-state index is 12.3.